The summed E-state index contributed by atoms with van der Waals surface area (Å²) >= 11 is 1.42. The lowest BCUT2D eigenvalue weighted by Gasteiger charge is -2.15. The fourth-order valence-electron chi connectivity index (χ4n) is 2.11. The minimum Gasteiger partial charge on any atom is -0.361 e. The summed E-state index contributed by atoms with van der Waals surface area (Å²) < 4.78 is 0. The normalized spacial score (nSPS) is 10.4. The number of thiazole rings is 1. The second-order valence-electron chi connectivity index (χ2n) is 5.21. The first-order chi connectivity index (χ1) is 11.6. The lowest BCUT2D eigenvalue weighted by molar-refractivity contribution is -0.115. The molecule has 0 aliphatic carbocycles. The lowest BCUT2D eigenvalue weighted by atomic mass is 10.3. The Morgan fingerprint density at radius 1 is 1.17 bits per heavy atom. The van der Waals surface area contributed by atoms with E-state index in [1.54, 1.807) is 30.7 Å². The molecule has 0 atom stereocenters. The first kappa shape index (κ1) is 16.0. The number of aromatic nitrogens is 4. The Morgan fingerprint density at radius 2 is 1.92 bits per heavy atom. The minimum atomic E-state index is -0.142. The van der Waals surface area contributed by atoms with Gasteiger partial charge in [0.15, 0.2) is 16.6 Å². The number of hydrogen-bond acceptors (Lipinski definition) is 7. The van der Waals surface area contributed by atoms with Crippen molar-refractivity contribution in [3.05, 3.63) is 47.9 Å². The molecule has 7 nitrogen and oxygen atoms in total. The number of pyridine rings is 1. The van der Waals surface area contributed by atoms with Crippen molar-refractivity contribution in [2.24, 2.45) is 0 Å². The standard InChI is InChI=1S/C16H16N6OS/c1-22(2)15-12(5-3-6-19-15)21-13(23)9-11-10-24-16(20-11)14-17-7-4-8-18-14/h3-8,10H,9H2,1-2H3,(H,21,23). The average molecular weight is 340 g/mol. The van der Waals surface area contributed by atoms with Gasteiger partial charge in [-0.15, -0.1) is 11.3 Å². The van der Waals surface area contributed by atoms with Crippen LogP contribution in [0.25, 0.3) is 10.8 Å². The summed E-state index contributed by atoms with van der Waals surface area (Å²) in [7, 11) is 3.76. The van der Waals surface area contributed by atoms with Crippen molar-refractivity contribution in [2.45, 2.75) is 6.42 Å². The topological polar surface area (TPSA) is 83.9 Å². The molecule has 122 valence electrons. The molecule has 0 aliphatic heterocycles. The maximum Gasteiger partial charge on any atom is 0.230 e. The Kier molecular flexibility index (Phi) is 4.76. The molecule has 0 unspecified atom stereocenters. The van der Waals surface area contributed by atoms with Gasteiger partial charge >= 0.3 is 0 Å². The van der Waals surface area contributed by atoms with Crippen LogP contribution in [0.15, 0.2) is 42.2 Å². The number of amides is 1. The maximum atomic E-state index is 12.3. The van der Waals surface area contributed by atoms with Crippen LogP contribution in [-0.4, -0.2) is 39.9 Å². The second kappa shape index (κ2) is 7.14. The van der Waals surface area contributed by atoms with Crippen LogP contribution in [0.5, 0.6) is 0 Å². The molecule has 3 aromatic rings. The third kappa shape index (κ3) is 3.72. The molecule has 0 aromatic carbocycles. The fraction of sp³-hybridized carbons (Fsp3) is 0.188. The molecule has 0 bridgehead atoms. The maximum absolute atomic E-state index is 12.3. The fourth-order valence-corrected chi connectivity index (χ4v) is 2.87. The molecular formula is C16H16N6OS. The number of nitrogens with zero attached hydrogens (tertiary/aromatic N) is 5. The molecule has 3 heterocycles. The van der Waals surface area contributed by atoms with E-state index in [-0.39, 0.29) is 12.3 Å². The van der Waals surface area contributed by atoms with Crippen LogP contribution in [0.2, 0.25) is 0 Å². The smallest absolute Gasteiger partial charge is 0.230 e. The van der Waals surface area contributed by atoms with E-state index in [4.69, 9.17) is 0 Å². The predicted octanol–water partition coefficient (Wildman–Crippen LogP) is 2.24. The summed E-state index contributed by atoms with van der Waals surface area (Å²) in [5.74, 6) is 1.13. The van der Waals surface area contributed by atoms with E-state index < -0.39 is 0 Å². The third-order valence-electron chi connectivity index (χ3n) is 3.13. The summed E-state index contributed by atoms with van der Waals surface area (Å²) in [5, 5.41) is 5.43. The highest BCUT2D eigenvalue weighted by atomic mass is 32.1. The van der Waals surface area contributed by atoms with Gasteiger partial charge in [0.1, 0.15) is 0 Å². The Balaban J connectivity index is 1.69. The zero-order valence-corrected chi connectivity index (χ0v) is 14.1. The zero-order chi connectivity index (χ0) is 16.9. The third-order valence-corrected chi connectivity index (χ3v) is 4.02. The summed E-state index contributed by atoms with van der Waals surface area (Å²) in [6.45, 7) is 0. The van der Waals surface area contributed by atoms with E-state index in [0.717, 1.165) is 0 Å². The highest BCUT2D eigenvalue weighted by Gasteiger charge is 2.13. The Labute approximate surface area is 143 Å². The van der Waals surface area contributed by atoms with Crippen LogP contribution in [0, 0.1) is 0 Å². The van der Waals surface area contributed by atoms with Gasteiger partial charge in [-0.25, -0.2) is 19.9 Å². The summed E-state index contributed by atoms with van der Waals surface area (Å²) in [4.78, 5) is 31.1. The Bertz CT molecular complexity index is 833. The molecular weight excluding hydrogens is 324 g/mol. The van der Waals surface area contributed by atoms with E-state index in [9.17, 15) is 4.79 Å². The number of rotatable bonds is 5. The van der Waals surface area contributed by atoms with Crippen molar-refractivity contribution < 1.29 is 4.79 Å². The van der Waals surface area contributed by atoms with Crippen molar-refractivity contribution in [1.29, 1.82) is 0 Å². The van der Waals surface area contributed by atoms with Gasteiger partial charge < -0.3 is 10.2 Å². The van der Waals surface area contributed by atoms with Gasteiger partial charge in [-0.3, -0.25) is 4.79 Å². The highest BCUT2D eigenvalue weighted by molar-refractivity contribution is 7.13. The molecule has 0 aliphatic rings. The highest BCUT2D eigenvalue weighted by Crippen LogP contribution is 2.22. The van der Waals surface area contributed by atoms with Crippen LogP contribution in [-0.2, 0) is 11.2 Å². The molecule has 24 heavy (non-hydrogen) atoms. The van der Waals surface area contributed by atoms with Crippen LogP contribution < -0.4 is 10.2 Å². The molecule has 8 heteroatoms. The predicted molar refractivity (Wildman–Crippen MR) is 94.0 cm³/mol. The van der Waals surface area contributed by atoms with E-state index in [0.29, 0.717) is 28.0 Å². The van der Waals surface area contributed by atoms with E-state index in [1.807, 2.05) is 30.4 Å². The van der Waals surface area contributed by atoms with Crippen molar-refractivity contribution in [3.8, 4) is 10.8 Å². The van der Waals surface area contributed by atoms with Gasteiger partial charge in [-0.05, 0) is 18.2 Å². The van der Waals surface area contributed by atoms with Gasteiger partial charge in [-0.1, -0.05) is 0 Å². The van der Waals surface area contributed by atoms with Crippen LogP contribution in [0.3, 0.4) is 0 Å². The van der Waals surface area contributed by atoms with Gasteiger partial charge in [0.25, 0.3) is 0 Å². The van der Waals surface area contributed by atoms with Crippen LogP contribution >= 0.6 is 11.3 Å². The summed E-state index contributed by atoms with van der Waals surface area (Å²) in [6, 6.07) is 5.36. The van der Waals surface area contributed by atoms with Crippen molar-refractivity contribution in [2.75, 3.05) is 24.3 Å². The van der Waals surface area contributed by atoms with Gasteiger partial charge in [0.05, 0.1) is 17.8 Å². The lowest BCUT2D eigenvalue weighted by Crippen LogP contribution is -2.19. The molecule has 0 saturated heterocycles. The van der Waals surface area contributed by atoms with Crippen molar-refractivity contribution in [1.82, 2.24) is 19.9 Å². The van der Waals surface area contributed by atoms with Crippen molar-refractivity contribution in [3.63, 3.8) is 0 Å². The number of carbonyl (C=O) groups is 1. The molecule has 0 spiro atoms. The quantitative estimate of drug-likeness (QED) is 0.767. The van der Waals surface area contributed by atoms with Gasteiger partial charge in [0, 0.05) is 38.1 Å². The monoisotopic (exact) mass is 340 g/mol. The Morgan fingerprint density at radius 3 is 2.67 bits per heavy atom. The molecule has 3 aromatic heterocycles. The first-order valence-corrected chi connectivity index (χ1v) is 8.15. The largest absolute Gasteiger partial charge is 0.361 e. The number of carbonyl (C=O) groups excluding carboxylic acids is 1. The zero-order valence-electron chi connectivity index (χ0n) is 13.3. The average Bonchev–Trinajstić information content (AvgIpc) is 3.04. The summed E-state index contributed by atoms with van der Waals surface area (Å²) in [6.07, 6.45) is 5.21. The van der Waals surface area contributed by atoms with Crippen LogP contribution in [0.1, 0.15) is 5.69 Å². The number of hydrogen-bond donors (Lipinski definition) is 1. The van der Waals surface area contributed by atoms with Gasteiger partial charge in [-0.2, -0.15) is 0 Å². The second-order valence-corrected chi connectivity index (χ2v) is 6.07. The molecule has 0 fully saturated rings. The summed E-state index contributed by atoms with van der Waals surface area (Å²) in [5.41, 5.74) is 1.37. The number of nitrogens with one attached hydrogen (secondary N) is 1. The number of anilines is 2. The molecule has 0 radical (unpaired) electrons. The van der Waals surface area contributed by atoms with Gasteiger partial charge in [0.2, 0.25) is 5.91 Å². The SMILES string of the molecule is CN(C)c1ncccc1NC(=O)Cc1csc(-c2ncccn2)n1. The molecule has 0 saturated carbocycles. The van der Waals surface area contributed by atoms with Crippen molar-refractivity contribution >= 4 is 28.7 Å². The minimum absolute atomic E-state index is 0.142. The first-order valence-electron chi connectivity index (χ1n) is 7.27. The molecule has 1 N–H and O–H groups in total. The van der Waals surface area contributed by atoms with E-state index >= 15 is 0 Å². The van der Waals surface area contributed by atoms with Crippen LogP contribution in [0.4, 0.5) is 11.5 Å². The molecule has 3 rings (SSSR count). The molecule has 1 amide bonds. The van der Waals surface area contributed by atoms with E-state index in [2.05, 4.69) is 25.3 Å². The van der Waals surface area contributed by atoms with E-state index in [1.165, 1.54) is 11.3 Å². The Hall–Kier alpha value is -2.87.